The summed E-state index contributed by atoms with van der Waals surface area (Å²) in [7, 11) is 0. The van der Waals surface area contributed by atoms with Crippen LogP contribution in [-0.2, 0) is 28.6 Å². The highest BCUT2D eigenvalue weighted by atomic mass is 16.6. The maximum absolute atomic E-state index is 12.9. The molecule has 0 aliphatic rings. The molecule has 0 rings (SSSR count). The molecule has 6 heteroatoms. The molecule has 0 radical (unpaired) electrons. The van der Waals surface area contributed by atoms with E-state index >= 15 is 0 Å². The molecular formula is C71H132O6. The number of esters is 3. The van der Waals surface area contributed by atoms with Crippen molar-refractivity contribution in [2.24, 2.45) is 0 Å². The Morgan fingerprint density at radius 1 is 0.260 bits per heavy atom. The number of unbranched alkanes of at least 4 members (excludes halogenated alkanes) is 47. The Balaban J connectivity index is 3.99. The lowest BCUT2D eigenvalue weighted by atomic mass is 10.0. The van der Waals surface area contributed by atoms with Crippen LogP contribution in [0.3, 0.4) is 0 Å². The third kappa shape index (κ3) is 64.3. The molecule has 0 saturated carbocycles. The summed E-state index contributed by atoms with van der Waals surface area (Å²) in [6.07, 6.45) is 82.1. The fourth-order valence-electron chi connectivity index (χ4n) is 10.5. The Bertz CT molecular complexity index is 1290. The van der Waals surface area contributed by atoms with Gasteiger partial charge in [-0.1, -0.05) is 340 Å². The average Bonchev–Trinajstić information content (AvgIpc) is 3.43. The van der Waals surface area contributed by atoms with Crippen LogP contribution < -0.4 is 0 Å². The van der Waals surface area contributed by atoms with Crippen molar-refractivity contribution < 1.29 is 28.6 Å². The summed E-state index contributed by atoms with van der Waals surface area (Å²) >= 11 is 0. The number of carbonyl (C=O) groups excluding carboxylic acids is 3. The van der Waals surface area contributed by atoms with E-state index in [1.165, 1.54) is 270 Å². The first-order valence-corrected chi connectivity index (χ1v) is 34.5. The van der Waals surface area contributed by atoms with Gasteiger partial charge in [0.05, 0.1) is 0 Å². The monoisotopic (exact) mass is 1080 g/mol. The molecule has 0 aliphatic carbocycles. The molecule has 6 nitrogen and oxygen atoms in total. The van der Waals surface area contributed by atoms with Crippen LogP contribution in [0.4, 0.5) is 0 Å². The number of carbonyl (C=O) groups is 3. The van der Waals surface area contributed by atoms with Crippen molar-refractivity contribution in [3.63, 3.8) is 0 Å². The Hall–Kier alpha value is -2.37. The molecule has 0 aromatic carbocycles. The second-order valence-electron chi connectivity index (χ2n) is 23.5. The van der Waals surface area contributed by atoms with E-state index < -0.39 is 6.10 Å². The van der Waals surface area contributed by atoms with Gasteiger partial charge in [-0.05, 0) is 57.8 Å². The second kappa shape index (κ2) is 66.1. The molecule has 0 bridgehead atoms. The predicted molar refractivity (Wildman–Crippen MR) is 335 cm³/mol. The molecule has 0 aromatic heterocycles. The van der Waals surface area contributed by atoms with Crippen molar-refractivity contribution in [2.75, 3.05) is 13.2 Å². The van der Waals surface area contributed by atoms with Crippen LogP contribution in [0, 0.1) is 0 Å². The standard InChI is InChI=1S/C71H132O6/c1-4-7-10-13-16-18-20-22-24-26-28-30-32-34-35-36-37-38-40-41-43-45-47-49-51-53-55-58-61-64-70(73)76-67-68(66-75-69(72)63-60-57-15-12-9-6-3)77-71(74)65-62-59-56-54-52-50-48-46-44-42-39-33-31-29-27-25-23-21-19-17-14-11-8-5-2/h20,22,26,28,32,34,68H,4-19,21,23-25,27,29-31,33,35-67H2,1-3H3/b22-20-,28-26-,34-32-. The number of hydrogen-bond acceptors (Lipinski definition) is 6. The van der Waals surface area contributed by atoms with Crippen LogP contribution >= 0.6 is 0 Å². The van der Waals surface area contributed by atoms with E-state index in [0.717, 1.165) is 70.6 Å². The maximum Gasteiger partial charge on any atom is 0.306 e. The Morgan fingerprint density at radius 3 is 0.727 bits per heavy atom. The summed E-state index contributed by atoms with van der Waals surface area (Å²) < 4.78 is 16.9. The molecule has 0 spiro atoms. The predicted octanol–water partition coefficient (Wildman–Crippen LogP) is 23.6. The lowest BCUT2D eigenvalue weighted by molar-refractivity contribution is -0.167. The molecule has 1 unspecified atom stereocenters. The third-order valence-electron chi connectivity index (χ3n) is 15.6. The first-order valence-electron chi connectivity index (χ1n) is 34.5. The van der Waals surface area contributed by atoms with Crippen LogP contribution in [0.1, 0.15) is 380 Å². The van der Waals surface area contributed by atoms with Crippen molar-refractivity contribution in [3.8, 4) is 0 Å². The Morgan fingerprint density at radius 2 is 0.468 bits per heavy atom. The van der Waals surface area contributed by atoms with E-state index in [0.29, 0.717) is 19.3 Å². The van der Waals surface area contributed by atoms with Crippen LogP contribution in [-0.4, -0.2) is 37.2 Å². The molecule has 0 amide bonds. The van der Waals surface area contributed by atoms with Gasteiger partial charge in [-0.15, -0.1) is 0 Å². The second-order valence-corrected chi connectivity index (χ2v) is 23.5. The van der Waals surface area contributed by atoms with Gasteiger partial charge < -0.3 is 14.2 Å². The summed E-state index contributed by atoms with van der Waals surface area (Å²) in [5.74, 6) is -0.852. The van der Waals surface area contributed by atoms with E-state index in [-0.39, 0.29) is 31.1 Å². The van der Waals surface area contributed by atoms with Gasteiger partial charge in [0.25, 0.3) is 0 Å². The lowest BCUT2D eigenvalue weighted by Crippen LogP contribution is -2.30. The van der Waals surface area contributed by atoms with Gasteiger partial charge in [0, 0.05) is 19.3 Å². The Kier molecular flexibility index (Phi) is 64.1. The lowest BCUT2D eigenvalue weighted by Gasteiger charge is -2.18. The van der Waals surface area contributed by atoms with Crippen LogP contribution in [0.2, 0.25) is 0 Å². The fourth-order valence-corrected chi connectivity index (χ4v) is 10.5. The first-order chi connectivity index (χ1) is 38.0. The molecule has 0 aliphatic heterocycles. The minimum Gasteiger partial charge on any atom is -0.462 e. The summed E-state index contributed by atoms with van der Waals surface area (Å²) in [6.45, 7) is 6.64. The molecule has 452 valence electrons. The van der Waals surface area contributed by atoms with E-state index in [1.54, 1.807) is 0 Å². The van der Waals surface area contributed by atoms with Crippen LogP contribution in [0.15, 0.2) is 36.5 Å². The summed E-state index contributed by atoms with van der Waals surface area (Å²) in [6, 6.07) is 0. The van der Waals surface area contributed by atoms with Gasteiger partial charge in [-0.2, -0.15) is 0 Å². The minimum absolute atomic E-state index is 0.0673. The zero-order valence-electron chi connectivity index (χ0n) is 52.0. The molecule has 77 heavy (non-hydrogen) atoms. The van der Waals surface area contributed by atoms with E-state index in [1.807, 2.05) is 0 Å². The van der Waals surface area contributed by atoms with Crippen molar-refractivity contribution in [3.05, 3.63) is 36.5 Å². The van der Waals surface area contributed by atoms with Gasteiger partial charge in [-0.25, -0.2) is 0 Å². The third-order valence-corrected chi connectivity index (χ3v) is 15.6. The highest BCUT2D eigenvalue weighted by Gasteiger charge is 2.19. The van der Waals surface area contributed by atoms with Crippen molar-refractivity contribution in [1.82, 2.24) is 0 Å². The van der Waals surface area contributed by atoms with E-state index in [2.05, 4.69) is 57.2 Å². The van der Waals surface area contributed by atoms with E-state index in [4.69, 9.17) is 14.2 Å². The normalized spacial score (nSPS) is 12.2. The van der Waals surface area contributed by atoms with Gasteiger partial charge in [0.15, 0.2) is 6.10 Å². The highest BCUT2D eigenvalue weighted by molar-refractivity contribution is 5.71. The SMILES string of the molecule is CCCCCCC/C=C\C/C=C\C/C=C\CCCCCCCCCCCCCCCCC(=O)OCC(COC(=O)CCCCCCCC)OC(=O)CCCCCCCCCCCCCCCCCCCCCCCCCC. The van der Waals surface area contributed by atoms with Gasteiger partial charge >= 0.3 is 17.9 Å². The van der Waals surface area contributed by atoms with Crippen molar-refractivity contribution >= 4 is 17.9 Å². The number of rotatable bonds is 64. The first kappa shape index (κ1) is 74.6. The molecular weight excluding hydrogens is 949 g/mol. The van der Waals surface area contributed by atoms with Crippen LogP contribution in [0.5, 0.6) is 0 Å². The largest absolute Gasteiger partial charge is 0.462 e. The van der Waals surface area contributed by atoms with Gasteiger partial charge in [0.2, 0.25) is 0 Å². The zero-order chi connectivity index (χ0) is 55.7. The van der Waals surface area contributed by atoms with Crippen molar-refractivity contribution in [1.29, 1.82) is 0 Å². The summed E-state index contributed by atoms with van der Waals surface area (Å²) in [5, 5.41) is 0. The summed E-state index contributed by atoms with van der Waals surface area (Å²) in [4.78, 5) is 38.1. The smallest absolute Gasteiger partial charge is 0.306 e. The quantitative estimate of drug-likeness (QED) is 0.0261. The number of allylic oxidation sites excluding steroid dienone is 6. The topological polar surface area (TPSA) is 78.9 Å². The molecule has 0 saturated heterocycles. The Labute approximate surface area is 480 Å². The van der Waals surface area contributed by atoms with Gasteiger partial charge in [-0.3, -0.25) is 14.4 Å². The molecule has 0 heterocycles. The maximum atomic E-state index is 12.9. The van der Waals surface area contributed by atoms with Crippen LogP contribution in [0.25, 0.3) is 0 Å². The number of hydrogen-bond donors (Lipinski definition) is 0. The summed E-state index contributed by atoms with van der Waals surface area (Å²) in [5.41, 5.74) is 0. The zero-order valence-corrected chi connectivity index (χ0v) is 52.0. The number of ether oxygens (including phenoxy) is 3. The molecule has 0 fully saturated rings. The van der Waals surface area contributed by atoms with E-state index in [9.17, 15) is 14.4 Å². The molecule has 0 aromatic rings. The van der Waals surface area contributed by atoms with Crippen molar-refractivity contribution in [2.45, 2.75) is 386 Å². The average molecular weight is 1080 g/mol. The highest BCUT2D eigenvalue weighted by Crippen LogP contribution is 2.18. The molecule has 1 atom stereocenters. The minimum atomic E-state index is -0.766. The fraction of sp³-hybridized carbons (Fsp3) is 0.873. The van der Waals surface area contributed by atoms with Gasteiger partial charge in [0.1, 0.15) is 13.2 Å². The molecule has 0 N–H and O–H groups in total.